The van der Waals surface area contributed by atoms with Gasteiger partial charge in [0.1, 0.15) is 12.1 Å². The van der Waals surface area contributed by atoms with Crippen LogP contribution in [0.3, 0.4) is 0 Å². The molecule has 0 saturated heterocycles. The van der Waals surface area contributed by atoms with Crippen molar-refractivity contribution in [2.45, 2.75) is 6.54 Å². The Morgan fingerprint density at radius 2 is 2.17 bits per heavy atom. The first-order chi connectivity index (χ1) is 8.78. The lowest BCUT2D eigenvalue weighted by molar-refractivity contribution is 0.396. The summed E-state index contributed by atoms with van der Waals surface area (Å²) < 4.78 is 6.61. The normalized spacial score (nSPS) is 9.50. The van der Waals surface area contributed by atoms with Gasteiger partial charge >= 0.3 is 0 Å². The third kappa shape index (κ3) is 2.13. The van der Waals surface area contributed by atoms with E-state index in [4.69, 9.17) is 15.3 Å². The number of hydrogen-bond acceptors (Lipinski definition) is 5. The zero-order chi connectivity index (χ0) is 13.0. The SMILES string of the molecule is COc1cccc(Cn2cnc(C#N)c2C#N)n1. The van der Waals surface area contributed by atoms with E-state index in [0.717, 1.165) is 5.69 Å². The van der Waals surface area contributed by atoms with Gasteiger partial charge in [-0.15, -0.1) is 0 Å². The number of methoxy groups -OCH3 is 1. The van der Waals surface area contributed by atoms with Crippen LogP contribution in [-0.4, -0.2) is 21.6 Å². The molecule has 2 heterocycles. The average Bonchev–Trinajstić information content (AvgIpc) is 2.80. The van der Waals surface area contributed by atoms with Crippen molar-refractivity contribution in [1.29, 1.82) is 10.5 Å². The lowest BCUT2D eigenvalue weighted by Gasteiger charge is -2.05. The van der Waals surface area contributed by atoms with Gasteiger partial charge in [-0.3, -0.25) is 0 Å². The molecule has 0 bridgehead atoms. The first kappa shape index (κ1) is 11.6. The Bertz CT molecular complexity index is 647. The summed E-state index contributed by atoms with van der Waals surface area (Å²) in [6.07, 6.45) is 1.46. The molecule has 0 aliphatic heterocycles. The fourth-order valence-corrected chi connectivity index (χ4v) is 1.54. The van der Waals surface area contributed by atoms with Crippen LogP contribution in [0.1, 0.15) is 17.1 Å². The van der Waals surface area contributed by atoms with E-state index in [9.17, 15) is 0 Å². The molecule has 0 aliphatic carbocycles. The maximum absolute atomic E-state index is 8.99. The van der Waals surface area contributed by atoms with Gasteiger partial charge in [-0.2, -0.15) is 10.5 Å². The molecule has 0 fully saturated rings. The molecule has 2 rings (SSSR count). The Balaban J connectivity index is 2.32. The van der Waals surface area contributed by atoms with Gasteiger partial charge in [-0.1, -0.05) is 6.07 Å². The third-order valence-corrected chi connectivity index (χ3v) is 2.37. The van der Waals surface area contributed by atoms with Crippen molar-refractivity contribution in [2.24, 2.45) is 0 Å². The lowest BCUT2D eigenvalue weighted by Crippen LogP contribution is -2.04. The van der Waals surface area contributed by atoms with E-state index in [1.54, 1.807) is 10.6 Å². The number of imidazole rings is 1. The number of hydrogen-bond donors (Lipinski definition) is 0. The Labute approximate surface area is 104 Å². The fourth-order valence-electron chi connectivity index (χ4n) is 1.54. The first-order valence-corrected chi connectivity index (χ1v) is 5.13. The van der Waals surface area contributed by atoms with Crippen molar-refractivity contribution < 1.29 is 4.74 Å². The number of nitriles is 2. The van der Waals surface area contributed by atoms with E-state index in [-0.39, 0.29) is 11.4 Å². The van der Waals surface area contributed by atoms with Crippen LogP contribution in [0.25, 0.3) is 0 Å². The lowest BCUT2D eigenvalue weighted by atomic mass is 10.3. The van der Waals surface area contributed by atoms with Crippen LogP contribution in [0.15, 0.2) is 24.5 Å². The van der Waals surface area contributed by atoms with Gasteiger partial charge in [-0.25, -0.2) is 9.97 Å². The average molecular weight is 239 g/mol. The van der Waals surface area contributed by atoms with E-state index in [1.165, 1.54) is 13.4 Å². The van der Waals surface area contributed by atoms with Crippen LogP contribution in [0, 0.1) is 22.7 Å². The topological polar surface area (TPSA) is 87.5 Å². The second-order valence-electron chi connectivity index (χ2n) is 3.46. The van der Waals surface area contributed by atoms with E-state index < -0.39 is 0 Å². The van der Waals surface area contributed by atoms with Gasteiger partial charge in [0.25, 0.3) is 0 Å². The van der Waals surface area contributed by atoms with Gasteiger partial charge in [0, 0.05) is 6.07 Å². The molecule has 0 saturated carbocycles. The van der Waals surface area contributed by atoms with Crippen LogP contribution in [0.5, 0.6) is 5.88 Å². The highest BCUT2D eigenvalue weighted by Crippen LogP contribution is 2.11. The summed E-state index contributed by atoms with van der Waals surface area (Å²) in [5.74, 6) is 0.506. The minimum Gasteiger partial charge on any atom is -0.481 e. The molecule has 2 aromatic rings. The largest absolute Gasteiger partial charge is 0.481 e. The molecule has 88 valence electrons. The van der Waals surface area contributed by atoms with E-state index >= 15 is 0 Å². The van der Waals surface area contributed by atoms with Crippen molar-refractivity contribution >= 4 is 0 Å². The number of ether oxygens (including phenoxy) is 1. The molecule has 2 aromatic heterocycles. The Hall–Kier alpha value is -2.86. The van der Waals surface area contributed by atoms with E-state index in [2.05, 4.69) is 9.97 Å². The summed E-state index contributed by atoms with van der Waals surface area (Å²) in [7, 11) is 1.54. The fraction of sp³-hybridized carbons (Fsp3) is 0.167. The Kier molecular flexibility index (Phi) is 3.22. The highest BCUT2D eigenvalue weighted by molar-refractivity contribution is 5.36. The summed E-state index contributed by atoms with van der Waals surface area (Å²) in [4.78, 5) is 8.10. The zero-order valence-corrected chi connectivity index (χ0v) is 9.66. The van der Waals surface area contributed by atoms with E-state index in [1.807, 2.05) is 24.3 Å². The molecule has 0 amide bonds. The summed E-state index contributed by atoms with van der Waals surface area (Å²) in [5, 5.41) is 17.8. The van der Waals surface area contributed by atoms with E-state index in [0.29, 0.717) is 12.4 Å². The zero-order valence-electron chi connectivity index (χ0n) is 9.66. The molecular weight excluding hydrogens is 230 g/mol. The minimum absolute atomic E-state index is 0.125. The monoisotopic (exact) mass is 239 g/mol. The standard InChI is InChI=1S/C12H9N5O/c1-18-12-4-2-3-9(16-12)7-17-8-15-10(5-13)11(17)6-14/h2-4,8H,7H2,1H3. The van der Waals surface area contributed by atoms with Crippen molar-refractivity contribution in [3.05, 3.63) is 41.6 Å². The summed E-state index contributed by atoms with van der Waals surface area (Å²) in [6, 6.07) is 9.21. The number of aromatic nitrogens is 3. The molecular formula is C12H9N5O. The summed E-state index contributed by atoms with van der Waals surface area (Å²) in [6.45, 7) is 0.370. The first-order valence-electron chi connectivity index (χ1n) is 5.13. The summed E-state index contributed by atoms with van der Waals surface area (Å²) >= 11 is 0. The highest BCUT2D eigenvalue weighted by Gasteiger charge is 2.10. The number of rotatable bonds is 3. The maximum atomic E-state index is 8.99. The van der Waals surface area contributed by atoms with Gasteiger partial charge < -0.3 is 9.30 Å². The molecule has 0 radical (unpaired) electrons. The minimum atomic E-state index is 0.125. The molecule has 0 aliphatic rings. The van der Waals surface area contributed by atoms with Crippen LogP contribution < -0.4 is 4.74 Å². The molecule has 18 heavy (non-hydrogen) atoms. The Morgan fingerprint density at radius 3 is 2.83 bits per heavy atom. The second kappa shape index (κ2) is 4.98. The van der Waals surface area contributed by atoms with Crippen LogP contribution >= 0.6 is 0 Å². The van der Waals surface area contributed by atoms with Crippen LogP contribution in [0.2, 0.25) is 0 Å². The molecule has 6 heteroatoms. The van der Waals surface area contributed by atoms with Crippen LogP contribution in [-0.2, 0) is 6.54 Å². The van der Waals surface area contributed by atoms with Crippen molar-refractivity contribution in [3.8, 4) is 18.0 Å². The Morgan fingerprint density at radius 1 is 1.33 bits per heavy atom. The van der Waals surface area contributed by atoms with Crippen molar-refractivity contribution in [1.82, 2.24) is 14.5 Å². The quantitative estimate of drug-likeness (QED) is 0.799. The predicted molar refractivity (Wildman–Crippen MR) is 61.5 cm³/mol. The molecule has 0 N–H and O–H groups in total. The van der Waals surface area contributed by atoms with Gasteiger partial charge in [0.2, 0.25) is 5.88 Å². The predicted octanol–water partition coefficient (Wildman–Crippen LogP) is 1.08. The number of pyridine rings is 1. The molecule has 0 spiro atoms. The van der Waals surface area contributed by atoms with Gasteiger partial charge in [-0.05, 0) is 6.07 Å². The van der Waals surface area contributed by atoms with Crippen molar-refractivity contribution in [3.63, 3.8) is 0 Å². The second-order valence-corrected chi connectivity index (χ2v) is 3.46. The molecule has 0 unspecified atom stereocenters. The van der Waals surface area contributed by atoms with Gasteiger partial charge in [0.05, 0.1) is 25.7 Å². The van der Waals surface area contributed by atoms with Crippen molar-refractivity contribution in [2.75, 3.05) is 7.11 Å². The van der Waals surface area contributed by atoms with Gasteiger partial charge in [0.15, 0.2) is 11.4 Å². The molecule has 0 atom stereocenters. The maximum Gasteiger partial charge on any atom is 0.213 e. The highest BCUT2D eigenvalue weighted by atomic mass is 16.5. The third-order valence-electron chi connectivity index (χ3n) is 2.37. The smallest absolute Gasteiger partial charge is 0.213 e. The number of nitrogens with zero attached hydrogens (tertiary/aromatic N) is 5. The molecule has 6 nitrogen and oxygen atoms in total. The summed E-state index contributed by atoms with van der Waals surface area (Å²) in [5.41, 5.74) is 1.09. The van der Waals surface area contributed by atoms with Crippen LogP contribution in [0.4, 0.5) is 0 Å². The molecule has 0 aromatic carbocycles.